The van der Waals surface area contributed by atoms with Crippen molar-refractivity contribution in [2.45, 2.75) is 19.5 Å². The van der Waals surface area contributed by atoms with E-state index in [9.17, 15) is 0 Å². The minimum atomic E-state index is -0.305. The summed E-state index contributed by atoms with van der Waals surface area (Å²) in [6, 6.07) is 7.81. The molecule has 5 heteroatoms. The molecule has 5 nitrogen and oxygen atoms in total. The van der Waals surface area contributed by atoms with E-state index >= 15 is 0 Å². The summed E-state index contributed by atoms with van der Waals surface area (Å²) in [4.78, 5) is 4.37. The largest absolute Gasteiger partial charge is 0.334 e. The lowest BCUT2D eigenvalue weighted by atomic mass is 10.1. The maximum atomic E-state index is 6.36. The molecule has 2 N–H and O–H groups in total. The second-order valence-corrected chi connectivity index (χ2v) is 4.58. The Bertz CT molecular complexity index is 710. The van der Waals surface area contributed by atoms with Gasteiger partial charge in [-0.3, -0.25) is 4.68 Å². The van der Waals surface area contributed by atoms with Gasteiger partial charge in [-0.1, -0.05) is 18.2 Å². The number of benzene rings is 1. The first-order valence-electron chi connectivity index (χ1n) is 6.40. The molecule has 0 bridgehead atoms. The molecule has 0 saturated heterocycles. The molecule has 0 aliphatic rings. The highest BCUT2D eigenvalue weighted by atomic mass is 15.3. The summed E-state index contributed by atoms with van der Waals surface area (Å²) in [5.74, 6) is 0.853. The first-order chi connectivity index (χ1) is 9.22. The van der Waals surface area contributed by atoms with E-state index in [1.807, 2.05) is 40.7 Å². The van der Waals surface area contributed by atoms with Crippen LogP contribution in [-0.2, 0) is 13.6 Å². The Morgan fingerprint density at radius 2 is 2.11 bits per heavy atom. The molecule has 98 valence electrons. The number of hydrogen-bond acceptors (Lipinski definition) is 3. The van der Waals surface area contributed by atoms with Gasteiger partial charge in [0, 0.05) is 31.4 Å². The van der Waals surface area contributed by atoms with Crippen LogP contribution in [0.5, 0.6) is 0 Å². The van der Waals surface area contributed by atoms with Crippen molar-refractivity contribution < 1.29 is 0 Å². The van der Waals surface area contributed by atoms with Crippen molar-refractivity contribution in [2.24, 2.45) is 12.8 Å². The zero-order chi connectivity index (χ0) is 13.4. The van der Waals surface area contributed by atoms with Crippen LogP contribution in [0.15, 0.2) is 36.7 Å². The maximum Gasteiger partial charge on any atom is 0.131 e. The van der Waals surface area contributed by atoms with Crippen molar-refractivity contribution in [3.05, 3.63) is 48.2 Å². The van der Waals surface area contributed by atoms with E-state index in [1.54, 1.807) is 6.20 Å². The topological polar surface area (TPSA) is 61.7 Å². The van der Waals surface area contributed by atoms with Gasteiger partial charge in [-0.05, 0) is 13.0 Å². The van der Waals surface area contributed by atoms with Gasteiger partial charge in [0.1, 0.15) is 11.9 Å². The number of hydrogen-bond donors (Lipinski definition) is 1. The van der Waals surface area contributed by atoms with E-state index in [-0.39, 0.29) is 6.04 Å². The van der Waals surface area contributed by atoms with Gasteiger partial charge in [0.15, 0.2) is 0 Å². The fourth-order valence-corrected chi connectivity index (χ4v) is 2.46. The molecule has 0 spiro atoms. The lowest BCUT2D eigenvalue weighted by Gasteiger charge is -2.11. The number of rotatable bonds is 3. The van der Waals surface area contributed by atoms with E-state index in [0.29, 0.717) is 0 Å². The van der Waals surface area contributed by atoms with E-state index in [0.717, 1.165) is 29.0 Å². The van der Waals surface area contributed by atoms with Gasteiger partial charge >= 0.3 is 0 Å². The van der Waals surface area contributed by atoms with Crippen LogP contribution < -0.4 is 5.73 Å². The molecule has 2 aromatic heterocycles. The van der Waals surface area contributed by atoms with E-state index in [2.05, 4.69) is 23.1 Å². The van der Waals surface area contributed by atoms with Crippen molar-refractivity contribution in [3.63, 3.8) is 0 Å². The Morgan fingerprint density at radius 3 is 2.89 bits per heavy atom. The maximum absolute atomic E-state index is 6.36. The molecule has 0 fully saturated rings. The number of nitrogens with zero attached hydrogens (tertiary/aromatic N) is 4. The molecule has 0 amide bonds. The smallest absolute Gasteiger partial charge is 0.131 e. The van der Waals surface area contributed by atoms with Gasteiger partial charge in [0.2, 0.25) is 0 Å². The normalized spacial score (nSPS) is 13.0. The Balaban J connectivity index is 2.14. The quantitative estimate of drug-likeness (QED) is 0.776. The van der Waals surface area contributed by atoms with Gasteiger partial charge in [0.25, 0.3) is 0 Å². The highest BCUT2D eigenvalue weighted by Gasteiger charge is 2.20. The van der Waals surface area contributed by atoms with Gasteiger partial charge in [-0.15, -0.1) is 0 Å². The fraction of sp³-hybridized carbons (Fsp3) is 0.286. The lowest BCUT2D eigenvalue weighted by molar-refractivity contribution is 0.637. The predicted octanol–water partition coefficient (Wildman–Crippen LogP) is 1.84. The number of fused-ring (bicyclic) bond motifs is 1. The molecule has 19 heavy (non-hydrogen) atoms. The number of nitrogens with two attached hydrogens (primary N) is 1. The molecule has 3 rings (SSSR count). The summed E-state index contributed by atoms with van der Waals surface area (Å²) >= 11 is 0. The summed E-state index contributed by atoms with van der Waals surface area (Å²) in [5, 5.41) is 5.65. The second-order valence-electron chi connectivity index (χ2n) is 4.58. The Labute approximate surface area is 111 Å². The average Bonchev–Trinajstić information content (AvgIpc) is 3.03. The van der Waals surface area contributed by atoms with Crippen molar-refractivity contribution in [3.8, 4) is 0 Å². The van der Waals surface area contributed by atoms with Crippen molar-refractivity contribution in [1.82, 2.24) is 19.3 Å². The van der Waals surface area contributed by atoms with Crippen molar-refractivity contribution >= 4 is 10.9 Å². The van der Waals surface area contributed by atoms with Crippen LogP contribution in [0, 0.1) is 0 Å². The third-order valence-electron chi connectivity index (χ3n) is 3.45. The van der Waals surface area contributed by atoms with Gasteiger partial charge < -0.3 is 10.3 Å². The fourth-order valence-electron chi connectivity index (χ4n) is 2.46. The second kappa shape index (κ2) is 4.51. The first kappa shape index (κ1) is 11.9. The standard InChI is InChI=1S/C14H17N5/c1-3-19-9-8-16-14(19)12(15)13-10-6-4-5-7-11(10)18(2)17-13/h4-9,12H,3,15H2,1-2H3. The van der Waals surface area contributed by atoms with Crippen LogP contribution in [-0.4, -0.2) is 19.3 Å². The SMILES string of the molecule is CCn1ccnc1C(N)c1nn(C)c2ccccc12. The molecule has 1 unspecified atom stereocenters. The van der Waals surface area contributed by atoms with Crippen LogP contribution >= 0.6 is 0 Å². The summed E-state index contributed by atoms with van der Waals surface area (Å²) < 4.78 is 3.91. The number of aromatic nitrogens is 4. The Morgan fingerprint density at radius 1 is 1.32 bits per heavy atom. The van der Waals surface area contributed by atoms with Gasteiger partial charge in [-0.25, -0.2) is 4.98 Å². The van der Waals surface area contributed by atoms with Crippen molar-refractivity contribution in [1.29, 1.82) is 0 Å². The lowest BCUT2D eigenvalue weighted by Crippen LogP contribution is -2.18. The zero-order valence-electron chi connectivity index (χ0n) is 11.1. The first-order valence-corrected chi connectivity index (χ1v) is 6.40. The highest BCUT2D eigenvalue weighted by Crippen LogP contribution is 2.25. The molecule has 3 aromatic rings. The van der Waals surface area contributed by atoms with Crippen LogP contribution in [0.1, 0.15) is 24.5 Å². The number of aryl methyl sites for hydroxylation is 2. The molecular formula is C14H17N5. The molecule has 1 atom stereocenters. The highest BCUT2D eigenvalue weighted by molar-refractivity contribution is 5.82. The summed E-state index contributed by atoms with van der Waals surface area (Å²) in [7, 11) is 1.94. The Kier molecular flexibility index (Phi) is 2.83. The number of para-hydroxylation sites is 1. The van der Waals surface area contributed by atoms with Gasteiger partial charge in [0.05, 0.1) is 11.2 Å². The van der Waals surface area contributed by atoms with Crippen LogP contribution in [0.4, 0.5) is 0 Å². The van der Waals surface area contributed by atoms with Crippen LogP contribution in [0.2, 0.25) is 0 Å². The zero-order valence-corrected chi connectivity index (χ0v) is 11.1. The third kappa shape index (κ3) is 1.82. The number of imidazole rings is 1. The monoisotopic (exact) mass is 255 g/mol. The van der Waals surface area contributed by atoms with E-state index < -0.39 is 0 Å². The molecule has 1 aromatic carbocycles. The van der Waals surface area contributed by atoms with Crippen LogP contribution in [0.25, 0.3) is 10.9 Å². The van der Waals surface area contributed by atoms with Gasteiger partial charge in [-0.2, -0.15) is 5.10 Å². The Hall–Kier alpha value is -2.14. The average molecular weight is 255 g/mol. The molecule has 0 saturated carbocycles. The molecular weight excluding hydrogens is 238 g/mol. The molecule has 0 radical (unpaired) electrons. The minimum absolute atomic E-state index is 0.305. The third-order valence-corrected chi connectivity index (χ3v) is 3.45. The summed E-state index contributed by atoms with van der Waals surface area (Å²) in [6.07, 6.45) is 3.73. The molecule has 0 aliphatic heterocycles. The van der Waals surface area contributed by atoms with Crippen molar-refractivity contribution in [2.75, 3.05) is 0 Å². The van der Waals surface area contributed by atoms with E-state index in [4.69, 9.17) is 5.73 Å². The van der Waals surface area contributed by atoms with Crippen LogP contribution in [0.3, 0.4) is 0 Å². The van der Waals surface area contributed by atoms with E-state index in [1.165, 1.54) is 0 Å². The summed E-state index contributed by atoms with van der Waals surface area (Å²) in [6.45, 7) is 2.93. The predicted molar refractivity (Wildman–Crippen MR) is 74.6 cm³/mol. The molecule has 0 aliphatic carbocycles. The minimum Gasteiger partial charge on any atom is -0.334 e. The molecule has 2 heterocycles. The summed E-state index contributed by atoms with van der Waals surface area (Å²) in [5.41, 5.74) is 8.32.